The first-order valence-electron chi connectivity index (χ1n) is 9.70. The van der Waals surface area contributed by atoms with Crippen LogP contribution in [0.1, 0.15) is 54.6 Å². The average Bonchev–Trinajstić information content (AvgIpc) is 2.76. The van der Waals surface area contributed by atoms with E-state index in [9.17, 15) is 9.59 Å². The fourth-order valence-electron chi connectivity index (χ4n) is 2.74. The SMILES string of the molecule is C/C=C/c1ccc(OCC(=O)OCC(=O)c2ccc([C@H](C)CC)cc2)c(OC)c1. The molecule has 2 aromatic rings. The molecule has 154 valence electrons. The molecule has 0 aliphatic rings. The molecule has 0 aromatic heterocycles. The number of benzene rings is 2. The maximum absolute atomic E-state index is 12.2. The Labute approximate surface area is 172 Å². The Bertz CT molecular complexity index is 852. The van der Waals surface area contributed by atoms with Crippen molar-refractivity contribution < 1.29 is 23.8 Å². The molecule has 0 saturated carbocycles. The molecule has 0 fully saturated rings. The van der Waals surface area contributed by atoms with Crippen molar-refractivity contribution in [1.29, 1.82) is 0 Å². The molecular formula is C24H28O5. The lowest BCUT2D eigenvalue weighted by atomic mass is 9.97. The highest BCUT2D eigenvalue weighted by molar-refractivity contribution is 5.98. The summed E-state index contributed by atoms with van der Waals surface area (Å²) in [5, 5.41) is 0. The van der Waals surface area contributed by atoms with Crippen molar-refractivity contribution in [3.05, 3.63) is 65.2 Å². The molecule has 0 bridgehead atoms. The van der Waals surface area contributed by atoms with Crippen LogP contribution in [0.4, 0.5) is 0 Å². The first kappa shape index (κ1) is 22.2. The third-order valence-electron chi connectivity index (χ3n) is 4.67. The summed E-state index contributed by atoms with van der Waals surface area (Å²) in [6.45, 7) is 5.56. The number of carbonyl (C=O) groups excluding carboxylic acids is 2. The molecule has 0 unspecified atom stereocenters. The molecule has 0 amide bonds. The second-order valence-corrected chi connectivity index (χ2v) is 6.71. The number of ketones is 1. The lowest BCUT2D eigenvalue weighted by Crippen LogP contribution is -2.19. The molecule has 0 saturated heterocycles. The second-order valence-electron chi connectivity index (χ2n) is 6.71. The van der Waals surface area contributed by atoms with Crippen LogP contribution in [0.25, 0.3) is 6.08 Å². The number of Topliss-reactive ketones (excluding diaryl/α,β-unsaturated/α-hetero) is 1. The van der Waals surface area contributed by atoms with Gasteiger partial charge in [0.05, 0.1) is 7.11 Å². The second kappa shape index (κ2) is 11.1. The number of hydrogen-bond acceptors (Lipinski definition) is 5. The standard InChI is InChI=1S/C24H28O5/c1-5-7-18-8-13-22(23(14-18)27-4)28-16-24(26)29-15-21(25)20-11-9-19(10-12-20)17(3)6-2/h5,7-14,17H,6,15-16H2,1-4H3/b7-5+/t17-/m1/s1. The molecule has 0 radical (unpaired) electrons. The molecule has 29 heavy (non-hydrogen) atoms. The summed E-state index contributed by atoms with van der Waals surface area (Å²) in [4.78, 5) is 24.2. The van der Waals surface area contributed by atoms with Gasteiger partial charge in [0.25, 0.3) is 0 Å². The van der Waals surface area contributed by atoms with E-state index in [0.717, 1.165) is 12.0 Å². The maximum Gasteiger partial charge on any atom is 0.344 e. The Morgan fingerprint density at radius 1 is 1.03 bits per heavy atom. The van der Waals surface area contributed by atoms with E-state index in [2.05, 4.69) is 13.8 Å². The average molecular weight is 396 g/mol. The van der Waals surface area contributed by atoms with Gasteiger partial charge in [0, 0.05) is 5.56 Å². The molecule has 5 nitrogen and oxygen atoms in total. The lowest BCUT2D eigenvalue weighted by Gasteiger charge is -2.11. The molecule has 0 heterocycles. The van der Waals surface area contributed by atoms with Gasteiger partial charge in [0.15, 0.2) is 30.5 Å². The minimum atomic E-state index is -0.617. The third-order valence-corrected chi connectivity index (χ3v) is 4.67. The normalized spacial score (nSPS) is 11.9. The summed E-state index contributed by atoms with van der Waals surface area (Å²) in [5.74, 6) is 0.533. The molecule has 0 aliphatic heterocycles. The summed E-state index contributed by atoms with van der Waals surface area (Å²) >= 11 is 0. The van der Waals surface area contributed by atoms with Crippen LogP contribution in [-0.4, -0.2) is 32.1 Å². The van der Waals surface area contributed by atoms with E-state index in [1.807, 2.05) is 43.3 Å². The quantitative estimate of drug-likeness (QED) is 0.416. The minimum absolute atomic E-state index is 0.248. The van der Waals surface area contributed by atoms with Gasteiger partial charge in [-0.1, -0.05) is 56.3 Å². The van der Waals surface area contributed by atoms with Crippen molar-refractivity contribution in [2.45, 2.75) is 33.1 Å². The highest BCUT2D eigenvalue weighted by atomic mass is 16.6. The third kappa shape index (κ3) is 6.49. The summed E-state index contributed by atoms with van der Waals surface area (Å²) in [6, 6.07) is 12.8. The van der Waals surface area contributed by atoms with E-state index in [4.69, 9.17) is 14.2 Å². The van der Waals surface area contributed by atoms with Gasteiger partial charge in [-0.15, -0.1) is 0 Å². The molecule has 0 spiro atoms. The Kier molecular flexibility index (Phi) is 8.46. The van der Waals surface area contributed by atoms with E-state index in [0.29, 0.717) is 23.0 Å². The monoisotopic (exact) mass is 396 g/mol. The zero-order chi connectivity index (χ0) is 21.2. The summed E-state index contributed by atoms with van der Waals surface area (Å²) in [7, 11) is 1.53. The number of ether oxygens (including phenoxy) is 3. The number of hydrogen-bond donors (Lipinski definition) is 0. The Morgan fingerprint density at radius 3 is 2.38 bits per heavy atom. The molecule has 5 heteroatoms. The summed E-state index contributed by atoms with van der Waals surface area (Å²) < 4.78 is 15.8. The summed E-state index contributed by atoms with van der Waals surface area (Å²) in [5.41, 5.74) is 2.67. The molecular weight excluding hydrogens is 368 g/mol. The maximum atomic E-state index is 12.2. The smallest absolute Gasteiger partial charge is 0.344 e. The van der Waals surface area contributed by atoms with Gasteiger partial charge in [-0.25, -0.2) is 4.79 Å². The van der Waals surface area contributed by atoms with Gasteiger partial charge in [-0.2, -0.15) is 0 Å². The fraction of sp³-hybridized carbons (Fsp3) is 0.333. The Balaban J connectivity index is 1.86. The van der Waals surface area contributed by atoms with Crippen LogP contribution in [0.3, 0.4) is 0 Å². The number of esters is 1. The zero-order valence-electron chi connectivity index (χ0n) is 17.4. The van der Waals surface area contributed by atoms with Crippen molar-refractivity contribution in [3.63, 3.8) is 0 Å². The molecule has 2 rings (SSSR count). The number of carbonyl (C=O) groups is 2. The predicted molar refractivity (Wildman–Crippen MR) is 114 cm³/mol. The Hall–Kier alpha value is -3.08. The molecule has 0 aliphatic carbocycles. The number of methoxy groups -OCH3 is 1. The highest BCUT2D eigenvalue weighted by Crippen LogP contribution is 2.28. The van der Waals surface area contributed by atoms with E-state index in [1.54, 1.807) is 18.2 Å². The van der Waals surface area contributed by atoms with Gasteiger partial charge in [0.1, 0.15) is 0 Å². The van der Waals surface area contributed by atoms with Crippen molar-refractivity contribution in [1.82, 2.24) is 0 Å². The van der Waals surface area contributed by atoms with Crippen LogP contribution in [0.5, 0.6) is 11.5 Å². The van der Waals surface area contributed by atoms with E-state index in [1.165, 1.54) is 12.7 Å². The number of rotatable bonds is 10. The van der Waals surface area contributed by atoms with E-state index in [-0.39, 0.29) is 19.0 Å². The topological polar surface area (TPSA) is 61.8 Å². The highest BCUT2D eigenvalue weighted by Gasteiger charge is 2.13. The Morgan fingerprint density at radius 2 is 1.76 bits per heavy atom. The van der Waals surface area contributed by atoms with Gasteiger partial charge in [0.2, 0.25) is 0 Å². The van der Waals surface area contributed by atoms with Crippen LogP contribution < -0.4 is 9.47 Å². The number of allylic oxidation sites excluding steroid dienone is 1. The van der Waals surface area contributed by atoms with E-state index < -0.39 is 5.97 Å². The van der Waals surface area contributed by atoms with E-state index >= 15 is 0 Å². The minimum Gasteiger partial charge on any atom is -0.493 e. The van der Waals surface area contributed by atoms with Crippen molar-refractivity contribution >= 4 is 17.8 Å². The molecule has 1 atom stereocenters. The predicted octanol–water partition coefficient (Wildman–Crippen LogP) is 5.05. The van der Waals surface area contributed by atoms with Gasteiger partial charge >= 0.3 is 5.97 Å². The lowest BCUT2D eigenvalue weighted by molar-refractivity contribution is -0.144. The molecule has 0 N–H and O–H groups in total. The first-order chi connectivity index (χ1) is 14.0. The van der Waals surface area contributed by atoms with Crippen LogP contribution >= 0.6 is 0 Å². The van der Waals surface area contributed by atoms with Gasteiger partial charge in [-0.3, -0.25) is 4.79 Å². The first-order valence-corrected chi connectivity index (χ1v) is 9.70. The summed E-state index contributed by atoms with van der Waals surface area (Å²) in [6.07, 6.45) is 4.89. The van der Waals surface area contributed by atoms with Gasteiger partial charge < -0.3 is 14.2 Å². The largest absolute Gasteiger partial charge is 0.493 e. The van der Waals surface area contributed by atoms with Gasteiger partial charge in [-0.05, 0) is 42.5 Å². The fourth-order valence-corrected chi connectivity index (χ4v) is 2.74. The van der Waals surface area contributed by atoms with Crippen LogP contribution in [0.15, 0.2) is 48.5 Å². The van der Waals surface area contributed by atoms with Crippen LogP contribution in [-0.2, 0) is 9.53 Å². The molecule has 2 aromatic carbocycles. The van der Waals surface area contributed by atoms with Crippen LogP contribution in [0.2, 0.25) is 0 Å². The van der Waals surface area contributed by atoms with Crippen LogP contribution in [0, 0.1) is 0 Å². The van der Waals surface area contributed by atoms with Crippen molar-refractivity contribution in [2.75, 3.05) is 20.3 Å². The van der Waals surface area contributed by atoms with Crippen molar-refractivity contribution in [2.24, 2.45) is 0 Å². The van der Waals surface area contributed by atoms with Crippen molar-refractivity contribution in [3.8, 4) is 11.5 Å². The zero-order valence-corrected chi connectivity index (χ0v) is 17.4.